The Balaban J connectivity index is 1.57. The maximum absolute atomic E-state index is 15.4. The van der Waals surface area contributed by atoms with Gasteiger partial charge in [0.1, 0.15) is 5.82 Å². The van der Waals surface area contributed by atoms with Crippen molar-refractivity contribution in [3.8, 4) is 0 Å². The van der Waals surface area contributed by atoms with E-state index in [9.17, 15) is 9.90 Å². The van der Waals surface area contributed by atoms with Crippen LogP contribution in [0.4, 0.5) is 26.0 Å². The first-order valence-electron chi connectivity index (χ1n) is 10.4. The number of pyridine rings is 1. The number of halogens is 1. The summed E-state index contributed by atoms with van der Waals surface area (Å²) in [5.74, 6) is 0.242. The molecule has 0 radical (unpaired) electrons. The van der Waals surface area contributed by atoms with Gasteiger partial charge < -0.3 is 25.4 Å². The van der Waals surface area contributed by atoms with Crippen LogP contribution in [0.2, 0.25) is 0 Å². The predicted molar refractivity (Wildman–Crippen MR) is 117 cm³/mol. The summed E-state index contributed by atoms with van der Waals surface area (Å²) in [6.07, 6.45) is 2.30. The molecule has 0 bridgehead atoms. The second kappa shape index (κ2) is 9.75. The molecular formula is C20H27FN6O3S. The largest absolute Gasteiger partial charge is 0.465 e. The fourth-order valence-corrected chi connectivity index (χ4v) is 4.51. The Morgan fingerprint density at radius 3 is 2.90 bits per heavy atom. The molecule has 2 aromatic heterocycles. The summed E-state index contributed by atoms with van der Waals surface area (Å²) in [6, 6.07) is 1.53. The third-order valence-electron chi connectivity index (χ3n) is 5.42. The highest BCUT2D eigenvalue weighted by molar-refractivity contribution is 7.15. The number of hydrogen-bond acceptors (Lipinski definition) is 8. The van der Waals surface area contributed by atoms with Crippen molar-refractivity contribution in [2.45, 2.75) is 32.4 Å². The highest BCUT2D eigenvalue weighted by Crippen LogP contribution is 2.27. The summed E-state index contributed by atoms with van der Waals surface area (Å²) in [5, 5.41) is 16.3. The number of amides is 1. The van der Waals surface area contributed by atoms with Crippen molar-refractivity contribution in [2.24, 2.45) is 0 Å². The second-order valence-corrected chi connectivity index (χ2v) is 9.07. The molecule has 4 rings (SSSR count). The van der Waals surface area contributed by atoms with Crippen LogP contribution in [0.5, 0.6) is 0 Å². The number of morpholine rings is 1. The number of aryl methyl sites for hydroxylation is 1. The zero-order chi connectivity index (χ0) is 21.8. The minimum Gasteiger partial charge on any atom is -0.465 e. The molecule has 0 spiro atoms. The quantitative estimate of drug-likeness (QED) is 0.617. The first-order chi connectivity index (χ1) is 15.0. The molecule has 4 heterocycles. The van der Waals surface area contributed by atoms with E-state index in [1.807, 2.05) is 6.92 Å². The van der Waals surface area contributed by atoms with E-state index in [4.69, 9.17) is 4.74 Å². The number of nitrogens with one attached hydrogen (secondary N) is 2. The van der Waals surface area contributed by atoms with Crippen molar-refractivity contribution < 1.29 is 19.0 Å². The highest BCUT2D eigenvalue weighted by atomic mass is 32.1. The van der Waals surface area contributed by atoms with Gasteiger partial charge in [-0.05, 0) is 25.8 Å². The van der Waals surface area contributed by atoms with Crippen molar-refractivity contribution >= 4 is 34.2 Å². The third-order valence-corrected chi connectivity index (χ3v) is 6.25. The van der Waals surface area contributed by atoms with Gasteiger partial charge in [-0.3, -0.25) is 4.90 Å². The lowest BCUT2D eigenvalue weighted by Crippen LogP contribution is -2.44. The van der Waals surface area contributed by atoms with Crippen molar-refractivity contribution in [1.29, 1.82) is 0 Å². The fourth-order valence-electron chi connectivity index (χ4n) is 3.84. The summed E-state index contributed by atoms with van der Waals surface area (Å²) in [4.78, 5) is 24.7. The van der Waals surface area contributed by atoms with Crippen LogP contribution in [-0.2, 0) is 11.3 Å². The number of nitrogens with zero attached hydrogens (tertiary/aromatic N) is 4. The molecule has 9 nitrogen and oxygen atoms in total. The number of thiazole rings is 1. The molecule has 168 valence electrons. The molecule has 0 unspecified atom stereocenters. The van der Waals surface area contributed by atoms with Gasteiger partial charge >= 0.3 is 6.09 Å². The van der Waals surface area contributed by atoms with Crippen LogP contribution < -0.4 is 10.6 Å². The number of carboxylic acid groups (broad SMARTS) is 1. The van der Waals surface area contributed by atoms with E-state index >= 15 is 4.39 Å². The third kappa shape index (κ3) is 5.60. The monoisotopic (exact) mass is 450 g/mol. The molecule has 2 aliphatic rings. The summed E-state index contributed by atoms with van der Waals surface area (Å²) in [6.45, 7) is 5.97. The lowest BCUT2D eigenvalue weighted by atomic mass is 10.1. The SMILES string of the molecule is Cc1cnc(Nc2cc(CN3CCOCC3)c(F)c(N[C@H]3CCCN(C(=O)O)C3)n2)s1. The molecular weight excluding hydrogens is 423 g/mol. The predicted octanol–water partition coefficient (Wildman–Crippen LogP) is 3.12. The topological polar surface area (TPSA) is 103 Å². The maximum Gasteiger partial charge on any atom is 0.407 e. The van der Waals surface area contributed by atoms with Gasteiger partial charge in [0, 0.05) is 55.4 Å². The normalized spacial score (nSPS) is 19.9. The van der Waals surface area contributed by atoms with Crippen molar-refractivity contribution in [2.75, 3.05) is 50.0 Å². The molecule has 2 saturated heterocycles. The lowest BCUT2D eigenvalue weighted by molar-refractivity contribution is 0.0337. The standard InChI is InChI=1S/C20H27FN6O3S/c1-13-10-22-19(31-13)25-16-9-14(11-26-5-7-30-8-6-26)17(21)18(24-16)23-15-3-2-4-27(12-15)20(28)29/h9-10,15H,2-8,11-12H2,1H3,(H,28,29)(H2,22,23,24,25)/t15-/m0/s1. The van der Waals surface area contributed by atoms with Gasteiger partial charge in [-0.25, -0.2) is 19.2 Å². The Hall–Kier alpha value is -2.50. The van der Waals surface area contributed by atoms with Crippen LogP contribution in [0, 0.1) is 12.7 Å². The van der Waals surface area contributed by atoms with E-state index in [-0.39, 0.29) is 11.9 Å². The maximum atomic E-state index is 15.4. The Kier molecular flexibility index (Phi) is 6.83. The smallest absolute Gasteiger partial charge is 0.407 e. The zero-order valence-corrected chi connectivity index (χ0v) is 18.3. The highest BCUT2D eigenvalue weighted by Gasteiger charge is 2.25. The molecule has 2 aliphatic heterocycles. The Morgan fingerprint density at radius 1 is 1.39 bits per heavy atom. The van der Waals surface area contributed by atoms with Crippen LogP contribution in [0.3, 0.4) is 0 Å². The first-order valence-corrected chi connectivity index (χ1v) is 11.2. The van der Waals surface area contributed by atoms with Crippen molar-refractivity contribution in [1.82, 2.24) is 19.8 Å². The fraction of sp³-hybridized carbons (Fsp3) is 0.550. The van der Waals surface area contributed by atoms with Gasteiger partial charge in [0.05, 0.1) is 13.2 Å². The number of carbonyl (C=O) groups is 1. The molecule has 2 fully saturated rings. The van der Waals surface area contributed by atoms with E-state index in [0.717, 1.165) is 30.8 Å². The van der Waals surface area contributed by atoms with Gasteiger partial charge in [-0.15, -0.1) is 11.3 Å². The Morgan fingerprint density at radius 2 is 2.19 bits per heavy atom. The number of ether oxygens (including phenoxy) is 1. The minimum absolute atomic E-state index is 0.138. The average molecular weight is 451 g/mol. The molecule has 31 heavy (non-hydrogen) atoms. The summed E-state index contributed by atoms with van der Waals surface area (Å²) in [5.41, 5.74) is 0.529. The van der Waals surface area contributed by atoms with E-state index in [0.29, 0.717) is 49.4 Å². The second-order valence-electron chi connectivity index (χ2n) is 7.83. The zero-order valence-electron chi connectivity index (χ0n) is 17.4. The number of aromatic nitrogens is 2. The van der Waals surface area contributed by atoms with Crippen LogP contribution in [-0.4, -0.2) is 76.4 Å². The van der Waals surface area contributed by atoms with E-state index in [1.165, 1.54) is 16.2 Å². The number of rotatable bonds is 6. The van der Waals surface area contributed by atoms with Gasteiger partial charge in [0.25, 0.3) is 0 Å². The summed E-state index contributed by atoms with van der Waals surface area (Å²) < 4.78 is 20.8. The van der Waals surface area contributed by atoms with Gasteiger partial charge in [0.2, 0.25) is 0 Å². The van der Waals surface area contributed by atoms with Gasteiger partial charge in [-0.1, -0.05) is 0 Å². The number of anilines is 3. The minimum atomic E-state index is -0.956. The average Bonchev–Trinajstić information content (AvgIpc) is 3.17. The van der Waals surface area contributed by atoms with Crippen molar-refractivity contribution in [3.05, 3.63) is 28.5 Å². The number of piperidine rings is 1. The summed E-state index contributed by atoms with van der Waals surface area (Å²) in [7, 11) is 0. The molecule has 0 aliphatic carbocycles. The molecule has 1 amide bonds. The van der Waals surface area contributed by atoms with E-state index in [1.54, 1.807) is 12.3 Å². The molecule has 0 aromatic carbocycles. The summed E-state index contributed by atoms with van der Waals surface area (Å²) >= 11 is 1.50. The van der Waals surface area contributed by atoms with E-state index < -0.39 is 11.9 Å². The van der Waals surface area contributed by atoms with Crippen LogP contribution >= 0.6 is 11.3 Å². The van der Waals surface area contributed by atoms with E-state index in [2.05, 4.69) is 25.5 Å². The lowest BCUT2D eigenvalue weighted by Gasteiger charge is -2.32. The van der Waals surface area contributed by atoms with Gasteiger partial charge in [0.15, 0.2) is 16.8 Å². The Labute approximate surface area is 184 Å². The number of hydrogen-bond donors (Lipinski definition) is 3. The van der Waals surface area contributed by atoms with Crippen LogP contribution in [0.15, 0.2) is 12.3 Å². The van der Waals surface area contributed by atoms with Gasteiger partial charge in [-0.2, -0.15) is 0 Å². The number of likely N-dealkylation sites (tertiary alicyclic amines) is 1. The van der Waals surface area contributed by atoms with Crippen LogP contribution in [0.1, 0.15) is 23.3 Å². The molecule has 11 heteroatoms. The molecule has 2 aromatic rings. The molecule has 3 N–H and O–H groups in total. The Bertz CT molecular complexity index is 920. The van der Waals surface area contributed by atoms with Crippen LogP contribution in [0.25, 0.3) is 0 Å². The first kappa shape index (κ1) is 21.7. The van der Waals surface area contributed by atoms with Crippen molar-refractivity contribution in [3.63, 3.8) is 0 Å². The molecule has 0 saturated carbocycles. The molecule has 1 atom stereocenters.